The van der Waals surface area contributed by atoms with Gasteiger partial charge in [0.25, 0.3) is 11.7 Å². The molecule has 0 aliphatic carbocycles. The van der Waals surface area contributed by atoms with E-state index >= 15 is 0 Å². The molecule has 1 N–H and O–H groups in total. The molecule has 2 aliphatic rings. The summed E-state index contributed by atoms with van der Waals surface area (Å²) in [4.78, 5) is 28.0. The Hall–Kier alpha value is -4.06. The third-order valence-electron chi connectivity index (χ3n) is 6.54. The summed E-state index contributed by atoms with van der Waals surface area (Å²) in [6.45, 7) is 3.29. The summed E-state index contributed by atoms with van der Waals surface area (Å²) in [6.07, 6.45) is 1.48. The van der Waals surface area contributed by atoms with Gasteiger partial charge in [-0.25, -0.2) is 0 Å². The van der Waals surface area contributed by atoms with Crippen LogP contribution in [0.2, 0.25) is 0 Å². The van der Waals surface area contributed by atoms with Crippen molar-refractivity contribution in [1.29, 1.82) is 0 Å². The Morgan fingerprint density at radius 2 is 1.63 bits per heavy atom. The van der Waals surface area contributed by atoms with Gasteiger partial charge in [0.15, 0.2) is 11.5 Å². The molecule has 1 amide bonds. The van der Waals surface area contributed by atoms with Crippen molar-refractivity contribution in [2.24, 2.45) is 0 Å². The predicted octanol–water partition coefficient (Wildman–Crippen LogP) is 4.68. The highest BCUT2D eigenvalue weighted by Crippen LogP contribution is 2.41. The van der Waals surface area contributed by atoms with E-state index in [9.17, 15) is 14.7 Å². The number of nitrogens with zero attached hydrogens (tertiary/aromatic N) is 1. The van der Waals surface area contributed by atoms with Gasteiger partial charge >= 0.3 is 0 Å². The van der Waals surface area contributed by atoms with Crippen LogP contribution in [0.4, 0.5) is 0 Å². The average Bonchev–Trinajstić information content (AvgIpc) is 3.16. The maximum Gasteiger partial charge on any atom is 0.295 e. The normalized spacial score (nSPS) is 18.7. The summed E-state index contributed by atoms with van der Waals surface area (Å²) < 4.78 is 11.2. The lowest BCUT2D eigenvalue weighted by molar-refractivity contribution is -0.139. The van der Waals surface area contributed by atoms with Crippen LogP contribution in [0.1, 0.15) is 35.2 Å². The van der Waals surface area contributed by atoms with Crippen molar-refractivity contribution in [1.82, 2.24) is 4.90 Å². The number of carbonyl (C=O) groups is 2. The van der Waals surface area contributed by atoms with Crippen molar-refractivity contribution in [2.75, 3.05) is 19.8 Å². The van der Waals surface area contributed by atoms with E-state index in [2.05, 4.69) is 6.92 Å². The standard InChI is InChI=1S/C29H27NO5/c1-2-19-8-10-21(11-9-19)26-25(27(31)22-12-13-23-24(18-22)35-17-16-34-23)28(32)29(33)30(26)15-14-20-6-4-3-5-7-20/h3-13,18,26,31H,2,14-17H2,1H3. The molecule has 0 bridgehead atoms. The zero-order chi connectivity index (χ0) is 24.4. The van der Waals surface area contributed by atoms with E-state index in [0.29, 0.717) is 43.2 Å². The van der Waals surface area contributed by atoms with Crippen molar-refractivity contribution >= 4 is 17.4 Å². The van der Waals surface area contributed by atoms with Gasteiger partial charge in [-0.1, -0.05) is 61.5 Å². The van der Waals surface area contributed by atoms with Gasteiger partial charge in [-0.3, -0.25) is 9.59 Å². The van der Waals surface area contributed by atoms with Gasteiger partial charge in [-0.2, -0.15) is 0 Å². The summed E-state index contributed by atoms with van der Waals surface area (Å²) in [5, 5.41) is 11.3. The largest absolute Gasteiger partial charge is 0.507 e. The number of aryl methyl sites for hydroxylation is 1. The molecule has 0 radical (unpaired) electrons. The van der Waals surface area contributed by atoms with Crippen LogP contribution < -0.4 is 9.47 Å². The minimum absolute atomic E-state index is 0.0870. The van der Waals surface area contributed by atoms with E-state index in [-0.39, 0.29) is 11.3 Å². The van der Waals surface area contributed by atoms with E-state index in [1.165, 1.54) is 0 Å². The number of Topliss-reactive ketones (excluding diaryl/α,β-unsaturated/α-hetero) is 1. The monoisotopic (exact) mass is 469 g/mol. The Morgan fingerprint density at radius 1 is 0.914 bits per heavy atom. The highest BCUT2D eigenvalue weighted by molar-refractivity contribution is 6.46. The molecule has 178 valence electrons. The lowest BCUT2D eigenvalue weighted by atomic mass is 9.94. The number of likely N-dealkylation sites (tertiary alicyclic amines) is 1. The summed E-state index contributed by atoms with van der Waals surface area (Å²) in [5.41, 5.74) is 3.51. The molecule has 2 heterocycles. The van der Waals surface area contributed by atoms with Gasteiger partial charge in [0, 0.05) is 12.1 Å². The maximum atomic E-state index is 13.3. The zero-order valence-electron chi connectivity index (χ0n) is 19.6. The number of hydrogen-bond acceptors (Lipinski definition) is 5. The van der Waals surface area contributed by atoms with E-state index in [4.69, 9.17) is 9.47 Å². The van der Waals surface area contributed by atoms with Gasteiger partial charge in [-0.15, -0.1) is 0 Å². The quantitative estimate of drug-likeness (QED) is 0.322. The van der Waals surface area contributed by atoms with Crippen LogP contribution in [0.5, 0.6) is 11.5 Å². The molecule has 0 spiro atoms. The summed E-state index contributed by atoms with van der Waals surface area (Å²) >= 11 is 0. The third kappa shape index (κ3) is 4.39. The number of rotatable bonds is 6. The topological polar surface area (TPSA) is 76.1 Å². The number of ketones is 1. The fourth-order valence-electron chi connectivity index (χ4n) is 4.63. The van der Waals surface area contributed by atoms with Crippen molar-refractivity contribution in [2.45, 2.75) is 25.8 Å². The first kappa shape index (κ1) is 22.7. The number of aliphatic hydroxyl groups is 1. The number of hydrogen-bond donors (Lipinski definition) is 1. The third-order valence-corrected chi connectivity index (χ3v) is 6.54. The fraction of sp³-hybridized carbons (Fsp3) is 0.241. The maximum absolute atomic E-state index is 13.3. The van der Waals surface area contributed by atoms with Crippen molar-refractivity contribution in [3.05, 3.63) is 101 Å². The van der Waals surface area contributed by atoms with Crippen molar-refractivity contribution < 1.29 is 24.2 Å². The van der Waals surface area contributed by atoms with E-state index in [1.54, 1.807) is 23.1 Å². The van der Waals surface area contributed by atoms with Gasteiger partial charge in [-0.05, 0) is 47.7 Å². The molecular weight excluding hydrogens is 442 g/mol. The van der Waals surface area contributed by atoms with Crippen LogP contribution in [0.3, 0.4) is 0 Å². The summed E-state index contributed by atoms with van der Waals surface area (Å²) in [7, 11) is 0. The number of amides is 1. The molecule has 6 heteroatoms. The van der Waals surface area contributed by atoms with Gasteiger partial charge < -0.3 is 19.5 Å². The fourth-order valence-corrected chi connectivity index (χ4v) is 4.63. The second-order valence-corrected chi connectivity index (χ2v) is 8.68. The number of benzene rings is 3. The minimum atomic E-state index is -0.685. The van der Waals surface area contributed by atoms with Gasteiger partial charge in [0.2, 0.25) is 0 Å². The second kappa shape index (κ2) is 9.66. The molecule has 0 saturated carbocycles. The number of ether oxygens (including phenoxy) is 2. The lowest BCUT2D eigenvalue weighted by Gasteiger charge is -2.26. The van der Waals surface area contributed by atoms with Crippen molar-refractivity contribution in [3.8, 4) is 11.5 Å². The van der Waals surface area contributed by atoms with Gasteiger partial charge in [0.1, 0.15) is 19.0 Å². The molecular formula is C29H27NO5. The average molecular weight is 470 g/mol. The first-order chi connectivity index (χ1) is 17.1. The van der Waals surface area contributed by atoms with Crippen LogP contribution in [-0.4, -0.2) is 41.5 Å². The molecule has 3 aromatic carbocycles. The molecule has 2 aliphatic heterocycles. The number of fused-ring (bicyclic) bond motifs is 1. The highest BCUT2D eigenvalue weighted by atomic mass is 16.6. The van der Waals surface area contributed by atoms with Crippen LogP contribution in [0.15, 0.2) is 78.4 Å². The second-order valence-electron chi connectivity index (χ2n) is 8.68. The molecule has 6 nitrogen and oxygen atoms in total. The molecule has 35 heavy (non-hydrogen) atoms. The van der Waals surface area contributed by atoms with E-state index in [1.807, 2.05) is 54.6 Å². The molecule has 1 unspecified atom stereocenters. The molecule has 1 atom stereocenters. The van der Waals surface area contributed by atoms with Crippen LogP contribution in [0.25, 0.3) is 5.76 Å². The smallest absolute Gasteiger partial charge is 0.295 e. The molecule has 5 rings (SSSR count). The number of carbonyl (C=O) groups excluding carboxylic acids is 2. The van der Waals surface area contributed by atoms with Gasteiger partial charge in [0.05, 0.1) is 11.6 Å². The Kier molecular flexibility index (Phi) is 6.27. The SMILES string of the molecule is CCc1ccc(C2C(=C(O)c3ccc4c(c3)OCCO4)C(=O)C(=O)N2CCc2ccccc2)cc1. The Bertz CT molecular complexity index is 1280. The molecule has 3 aromatic rings. The molecule has 1 saturated heterocycles. The Labute approximate surface area is 204 Å². The van der Waals surface area contributed by atoms with Crippen molar-refractivity contribution in [3.63, 3.8) is 0 Å². The Balaban J connectivity index is 1.57. The lowest BCUT2D eigenvalue weighted by Crippen LogP contribution is -2.31. The Morgan fingerprint density at radius 3 is 2.34 bits per heavy atom. The first-order valence-corrected chi connectivity index (χ1v) is 11.9. The van der Waals surface area contributed by atoms with Crippen LogP contribution >= 0.6 is 0 Å². The van der Waals surface area contributed by atoms with E-state index < -0.39 is 17.7 Å². The molecule has 1 fully saturated rings. The molecule has 0 aromatic heterocycles. The first-order valence-electron chi connectivity index (χ1n) is 11.9. The van der Waals surface area contributed by atoms with Crippen LogP contribution in [0, 0.1) is 0 Å². The summed E-state index contributed by atoms with van der Waals surface area (Å²) in [6, 6.07) is 22.1. The van der Waals surface area contributed by atoms with Crippen LogP contribution in [-0.2, 0) is 22.4 Å². The minimum Gasteiger partial charge on any atom is -0.507 e. The predicted molar refractivity (Wildman–Crippen MR) is 132 cm³/mol. The highest BCUT2D eigenvalue weighted by Gasteiger charge is 2.45. The summed E-state index contributed by atoms with van der Waals surface area (Å²) in [5.74, 6) is -0.419. The zero-order valence-corrected chi connectivity index (χ0v) is 19.6. The van der Waals surface area contributed by atoms with E-state index in [0.717, 1.165) is 23.1 Å². The number of aliphatic hydroxyl groups excluding tert-OH is 1.